The number of hydrogen-bond acceptors (Lipinski definition) is 14. The SMILES string of the molecule is CCCCCCC(CCCCCCCCCCCCCC(C(=O)Nc1cccc(N=Nc2cc(CC)c(O)cc2O)c1)C(CCCCCC(CCCCC)C(=O)Nc1cc(O)ccc1N=Nc1ccc(CC)c(O)c1)C(=O)Nc1cccc(N)c1)C(=O)Nc1cccc(O)c1. The third kappa shape index (κ3) is 26.9. The molecule has 18 nitrogen and oxygen atoms in total. The van der Waals surface area contributed by atoms with E-state index in [2.05, 4.69) is 55.6 Å². The summed E-state index contributed by atoms with van der Waals surface area (Å²) in [6, 6.07) is 33.1. The van der Waals surface area contributed by atoms with Crippen molar-refractivity contribution in [3.8, 4) is 28.7 Å². The molecular weight excluding hydrogens is 1190 g/mol. The zero-order chi connectivity index (χ0) is 68.2. The second-order valence-electron chi connectivity index (χ2n) is 25.3. The van der Waals surface area contributed by atoms with Crippen molar-refractivity contribution >= 4 is 74.8 Å². The van der Waals surface area contributed by atoms with Gasteiger partial charge in [-0.15, -0.1) is 10.2 Å². The van der Waals surface area contributed by atoms with Gasteiger partial charge in [0.15, 0.2) is 0 Å². The number of phenols is 5. The molecule has 0 radical (unpaired) electrons. The lowest BCUT2D eigenvalue weighted by molar-refractivity contribution is -0.129. The van der Waals surface area contributed by atoms with Gasteiger partial charge in [-0.05, 0) is 135 Å². The van der Waals surface area contributed by atoms with Crippen LogP contribution < -0.4 is 27.0 Å². The standard InChI is InChI=1S/C77H105N9O9/c1-5-9-11-23-32-56(74(92)79-61-38-30-40-64(87)50-61)33-24-19-17-15-13-12-14-16-18-20-26-41-66(77(95)81-60-37-29-39-62(49-60)83-86-70-47-55(8-4)72(90)53-73(70)91)67(76(94)80-59-36-28-35-58(78)48-59)42-27-21-25-34-57(31-22-10-6-2)75(93)82-69-52-65(88)45-46-68(69)85-84-63-44-43-54(7-3)71(89)51-63/h28-30,35-40,43-53,56-57,66-67,87-91H,5-27,31-34,41-42,78H2,1-4H3,(H,79,92)(H,80,94)(H,81,95)(H,82,93). The fraction of sp³-hybridized carbons (Fsp3) is 0.481. The van der Waals surface area contributed by atoms with Crippen molar-refractivity contribution < 1.29 is 44.7 Å². The number of nitrogens with one attached hydrogen (secondary N) is 4. The van der Waals surface area contributed by atoms with Crippen molar-refractivity contribution in [2.24, 2.45) is 44.1 Å². The fourth-order valence-electron chi connectivity index (χ4n) is 12.2. The maximum absolute atomic E-state index is 14.9. The molecule has 6 aromatic carbocycles. The van der Waals surface area contributed by atoms with Gasteiger partial charge in [-0.2, -0.15) is 10.2 Å². The van der Waals surface area contributed by atoms with Crippen molar-refractivity contribution in [3.63, 3.8) is 0 Å². The highest BCUT2D eigenvalue weighted by molar-refractivity contribution is 6.00. The summed E-state index contributed by atoms with van der Waals surface area (Å²) in [6.07, 6.45) is 25.7. The van der Waals surface area contributed by atoms with E-state index in [1.165, 1.54) is 30.7 Å². The summed E-state index contributed by atoms with van der Waals surface area (Å²) >= 11 is 0. The van der Waals surface area contributed by atoms with E-state index in [0.29, 0.717) is 109 Å². The van der Waals surface area contributed by atoms with Crippen molar-refractivity contribution in [1.82, 2.24) is 0 Å². The Morgan fingerprint density at radius 3 is 1.37 bits per heavy atom. The van der Waals surface area contributed by atoms with E-state index in [4.69, 9.17) is 5.73 Å². The summed E-state index contributed by atoms with van der Waals surface area (Å²) in [6.45, 7) is 8.14. The Labute approximate surface area is 563 Å². The number of hydrogen-bond donors (Lipinski definition) is 10. The molecule has 0 aliphatic rings. The molecule has 0 aliphatic heterocycles. The Morgan fingerprint density at radius 1 is 0.368 bits per heavy atom. The van der Waals surface area contributed by atoms with E-state index in [1.807, 2.05) is 19.9 Å². The lowest BCUT2D eigenvalue weighted by Crippen LogP contribution is -2.37. The first kappa shape index (κ1) is 75.2. The van der Waals surface area contributed by atoms with Crippen LogP contribution in [-0.2, 0) is 32.0 Å². The minimum atomic E-state index is -0.737. The Balaban J connectivity index is 1.10. The highest BCUT2D eigenvalue weighted by Crippen LogP contribution is 2.37. The minimum absolute atomic E-state index is 0.0318. The number of phenolic OH excluding ortho intramolecular Hbond substituents is 5. The number of azo groups is 2. The second-order valence-corrected chi connectivity index (χ2v) is 25.3. The van der Waals surface area contributed by atoms with Crippen LogP contribution in [0.1, 0.15) is 212 Å². The molecule has 11 N–H and O–H groups in total. The highest BCUT2D eigenvalue weighted by atomic mass is 16.3. The van der Waals surface area contributed by atoms with Gasteiger partial charge in [0.1, 0.15) is 40.1 Å². The monoisotopic (exact) mass is 1300 g/mol. The molecule has 6 rings (SSSR count). The summed E-state index contributed by atoms with van der Waals surface area (Å²) in [4.78, 5) is 57.3. The Morgan fingerprint density at radius 2 is 0.811 bits per heavy atom. The molecule has 4 unspecified atom stereocenters. The van der Waals surface area contributed by atoms with Gasteiger partial charge in [-0.3, -0.25) is 19.2 Å². The smallest absolute Gasteiger partial charge is 0.228 e. The Bertz CT molecular complexity index is 3410. The number of nitrogens with zero attached hydrogens (tertiary/aromatic N) is 4. The van der Waals surface area contributed by atoms with Gasteiger partial charge in [-0.25, -0.2) is 0 Å². The molecule has 0 bridgehead atoms. The predicted molar refractivity (Wildman–Crippen MR) is 383 cm³/mol. The van der Waals surface area contributed by atoms with E-state index in [1.54, 1.807) is 91.0 Å². The van der Waals surface area contributed by atoms with Gasteiger partial charge in [0.05, 0.1) is 17.1 Å². The summed E-state index contributed by atoms with van der Waals surface area (Å²) in [5.74, 6) is -2.67. The summed E-state index contributed by atoms with van der Waals surface area (Å²) in [7, 11) is 0. The van der Waals surface area contributed by atoms with Crippen LogP contribution in [0.5, 0.6) is 28.7 Å². The quantitative estimate of drug-likeness (QED) is 0.00980. The van der Waals surface area contributed by atoms with Crippen LogP contribution in [0, 0.1) is 23.7 Å². The number of unbranched alkanes of at least 4 members (excludes halogenated alkanes) is 17. The van der Waals surface area contributed by atoms with E-state index >= 15 is 0 Å². The number of amides is 4. The number of carbonyl (C=O) groups excluding carboxylic acids is 4. The van der Waals surface area contributed by atoms with Gasteiger partial charge in [-0.1, -0.05) is 187 Å². The van der Waals surface area contributed by atoms with E-state index in [0.717, 1.165) is 128 Å². The maximum Gasteiger partial charge on any atom is 0.228 e. The number of aromatic hydroxyl groups is 5. The van der Waals surface area contributed by atoms with Gasteiger partial charge in [0, 0.05) is 70.7 Å². The van der Waals surface area contributed by atoms with Crippen LogP contribution in [0.4, 0.5) is 51.2 Å². The number of rotatable bonds is 44. The first-order valence-electron chi connectivity index (χ1n) is 35.1. The van der Waals surface area contributed by atoms with Crippen molar-refractivity contribution in [2.45, 2.75) is 214 Å². The van der Waals surface area contributed by atoms with Gasteiger partial charge < -0.3 is 52.5 Å². The molecule has 4 atom stereocenters. The first-order chi connectivity index (χ1) is 46.1. The summed E-state index contributed by atoms with van der Waals surface area (Å²) < 4.78 is 0. The molecule has 0 saturated carbocycles. The number of benzene rings is 6. The van der Waals surface area contributed by atoms with Crippen LogP contribution in [0.25, 0.3) is 0 Å². The highest BCUT2D eigenvalue weighted by Gasteiger charge is 2.34. The van der Waals surface area contributed by atoms with E-state index in [9.17, 15) is 44.7 Å². The van der Waals surface area contributed by atoms with Gasteiger partial charge >= 0.3 is 0 Å². The lowest BCUT2D eigenvalue weighted by atomic mass is 9.82. The summed E-state index contributed by atoms with van der Waals surface area (Å²) in [5.41, 5.74) is 11.4. The second kappa shape index (κ2) is 41.8. The third-order valence-corrected chi connectivity index (χ3v) is 17.8. The first-order valence-corrected chi connectivity index (χ1v) is 35.1. The van der Waals surface area contributed by atoms with Gasteiger partial charge in [0.2, 0.25) is 23.6 Å². The fourth-order valence-corrected chi connectivity index (χ4v) is 12.2. The Kier molecular flexibility index (Phi) is 33.1. The van der Waals surface area contributed by atoms with Crippen molar-refractivity contribution in [1.29, 1.82) is 0 Å². The van der Waals surface area contributed by atoms with E-state index in [-0.39, 0.29) is 69.9 Å². The van der Waals surface area contributed by atoms with Crippen LogP contribution in [0.15, 0.2) is 142 Å². The topological polar surface area (TPSA) is 293 Å². The normalized spacial score (nSPS) is 12.8. The van der Waals surface area contributed by atoms with Gasteiger partial charge in [0.25, 0.3) is 0 Å². The number of carbonyl (C=O) groups is 4. The molecule has 0 saturated heterocycles. The molecule has 95 heavy (non-hydrogen) atoms. The molecule has 4 amide bonds. The van der Waals surface area contributed by atoms with E-state index < -0.39 is 11.8 Å². The molecule has 18 heteroatoms. The molecular formula is C77H105N9O9. The Hall–Kier alpha value is -8.80. The molecule has 0 fully saturated rings. The predicted octanol–water partition coefficient (Wildman–Crippen LogP) is 20.6. The zero-order valence-electron chi connectivity index (χ0n) is 56.6. The summed E-state index contributed by atoms with van der Waals surface area (Å²) in [5, 5.41) is 81.3. The van der Waals surface area contributed by atoms with Crippen LogP contribution in [-0.4, -0.2) is 49.2 Å². The average Bonchev–Trinajstić information content (AvgIpc) is 0.973. The number of nitrogens with two attached hydrogens (primary N) is 1. The molecule has 6 aromatic rings. The minimum Gasteiger partial charge on any atom is -0.508 e. The number of nitrogen functional groups attached to an aromatic ring is 1. The molecule has 0 aliphatic carbocycles. The van der Waals surface area contributed by atoms with Crippen LogP contribution >= 0.6 is 0 Å². The lowest BCUT2D eigenvalue weighted by Gasteiger charge is -2.26. The number of anilines is 5. The molecule has 0 aromatic heterocycles. The van der Waals surface area contributed by atoms with Crippen molar-refractivity contribution in [3.05, 3.63) is 132 Å². The van der Waals surface area contributed by atoms with Crippen molar-refractivity contribution in [2.75, 3.05) is 27.0 Å². The molecule has 512 valence electrons. The number of aryl methyl sites for hydroxylation is 2. The van der Waals surface area contributed by atoms with Crippen LogP contribution in [0.3, 0.4) is 0 Å². The maximum atomic E-state index is 14.9. The molecule has 0 spiro atoms. The largest absolute Gasteiger partial charge is 0.508 e. The average molecular weight is 1300 g/mol. The molecule has 0 heterocycles. The van der Waals surface area contributed by atoms with Crippen LogP contribution in [0.2, 0.25) is 0 Å². The zero-order valence-corrected chi connectivity index (χ0v) is 56.6. The third-order valence-electron chi connectivity index (χ3n) is 17.8.